The number of nitrogens with zero attached hydrogens (tertiary/aromatic N) is 2. The zero-order chi connectivity index (χ0) is 32.6. The van der Waals surface area contributed by atoms with Gasteiger partial charge in [-0.25, -0.2) is 0 Å². The molecule has 241 valence electrons. The molecular formula is C41H42GeIrN2SSi-2. The van der Waals surface area contributed by atoms with Crippen LogP contribution < -0.4 is 9.58 Å². The Kier molecular flexibility index (Phi) is 10.7. The van der Waals surface area contributed by atoms with Gasteiger partial charge in [0.1, 0.15) is 0 Å². The van der Waals surface area contributed by atoms with Gasteiger partial charge in [0.15, 0.2) is 0 Å². The number of benzene rings is 4. The predicted molar refractivity (Wildman–Crippen MR) is 207 cm³/mol. The zero-order valence-electron chi connectivity index (χ0n) is 28.5. The van der Waals surface area contributed by atoms with Crippen LogP contribution in [0.2, 0.25) is 36.9 Å². The van der Waals surface area contributed by atoms with Gasteiger partial charge in [-0.1, -0.05) is 45.6 Å². The van der Waals surface area contributed by atoms with Crippen LogP contribution in [0.25, 0.3) is 53.5 Å². The van der Waals surface area contributed by atoms with E-state index in [9.17, 15) is 0 Å². The van der Waals surface area contributed by atoms with Gasteiger partial charge in [0.05, 0.1) is 8.07 Å². The van der Waals surface area contributed by atoms with E-state index >= 15 is 0 Å². The summed E-state index contributed by atoms with van der Waals surface area (Å²) in [6.07, 6.45) is 3.95. The van der Waals surface area contributed by atoms with Gasteiger partial charge in [0, 0.05) is 26.3 Å². The van der Waals surface area contributed by atoms with Crippen LogP contribution in [-0.2, 0) is 20.1 Å². The summed E-state index contributed by atoms with van der Waals surface area (Å²) in [4.78, 5) is 9.21. The second-order valence-corrected chi connectivity index (χ2v) is 31.2. The van der Waals surface area contributed by atoms with Crippen molar-refractivity contribution in [2.45, 2.75) is 56.7 Å². The summed E-state index contributed by atoms with van der Waals surface area (Å²) >= 11 is 0.0245. The number of hydrogen-bond acceptors (Lipinski definition) is 3. The molecule has 6 heteroatoms. The molecule has 0 fully saturated rings. The molecule has 1 radical (unpaired) electrons. The Bertz CT molecular complexity index is 2140. The summed E-state index contributed by atoms with van der Waals surface area (Å²) in [5.74, 6) is 7.86. The first-order chi connectivity index (χ1) is 21.9. The van der Waals surface area contributed by atoms with Crippen molar-refractivity contribution in [3.05, 3.63) is 121 Å². The van der Waals surface area contributed by atoms with Gasteiger partial charge >= 0.3 is 172 Å². The summed E-state index contributed by atoms with van der Waals surface area (Å²) < 4.78 is 4.19. The maximum absolute atomic E-state index is 4.69. The average molecular weight is 888 g/mol. The fraction of sp³-hybridized carbons (Fsp3) is 0.220. The monoisotopic (exact) mass is 889 g/mol. The van der Waals surface area contributed by atoms with Crippen molar-refractivity contribution < 1.29 is 20.1 Å². The van der Waals surface area contributed by atoms with E-state index in [1.807, 2.05) is 54.1 Å². The van der Waals surface area contributed by atoms with E-state index in [2.05, 4.69) is 134 Å². The maximum Gasteiger partial charge on any atom is 0.0795 e. The Morgan fingerprint density at radius 3 is 2.21 bits per heavy atom. The largest absolute Gasteiger partial charge is 0.305 e. The first kappa shape index (κ1) is 35.4. The first-order valence-electron chi connectivity index (χ1n) is 16.1. The molecule has 0 spiro atoms. The van der Waals surface area contributed by atoms with Crippen molar-refractivity contribution in [2.75, 3.05) is 0 Å². The van der Waals surface area contributed by atoms with Gasteiger partial charge in [-0.2, -0.15) is 0 Å². The minimum atomic E-state index is -1.85. The SMILES string of the molecule is CC(C)c1ccnc(-c2[c-]ccc3c2sc2cc4c[c]([Ge]([CH3])([CH3])[CH3])ccc4cc23)c1.C[Si](C)(C)c1ccc(-c2[c-]cccc2)nc1.[Ir]. The molecule has 3 heterocycles. The molecule has 0 saturated carbocycles. The molecule has 3 aromatic heterocycles. The molecule has 0 bridgehead atoms. The summed E-state index contributed by atoms with van der Waals surface area (Å²) in [6.45, 7) is 11.4. The predicted octanol–water partition coefficient (Wildman–Crippen LogP) is 10.8. The number of pyridine rings is 2. The molecule has 7 rings (SSSR count). The minimum absolute atomic E-state index is 0. The van der Waals surface area contributed by atoms with E-state index in [-0.39, 0.29) is 20.1 Å². The van der Waals surface area contributed by atoms with Crippen LogP contribution in [0.5, 0.6) is 0 Å². The van der Waals surface area contributed by atoms with Crippen LogP contribution in [0.3, 0.4) is 0 Å². The maximum atomic E-state index is 4.69. The van der Waals surface area contributed by atoms with Crippen molar-refractivity contribution in [2.24, 2.45) is 0 Å². The van der Waals surface area contributed by atoms with Crippen molar-refractivity contribution in [1.82, 2.24) is 9.97 Å². The summed E-state index contributed by atoms with van der Waals surface area (Å²) in [6, 6.07) is 39.3. The Balaban J connectivity index is 0.000000217. The molecule has 47 heavy (non-hydrogen) atoms. The smallest absolute Gasteiger partial charge is 0.0795 e. The topological polar surface area (TPSA) is 25.8 Å². The molecule has 4 aromatic carbocycles. The standard InChI is InChI=1S/C27H26GeNS.C14H16NSi.Ir/c1-17(2)18-11-12-29-25(15-18)23-8-6-7-22-24-14-19-9-10-21(28(3,4)5)13-20(19)16-26(24)30-27(22)23;1-16(2,3)13-9-10-14(15-11-13)12-7-5-4-6-8-12;/h6-7,9-17H,1-5H3;4-7,9-11H,1-3H3;/q2*-1;. The number of hydrogen-bond donors (Lipinski definition) is 0. The minimum Gasteiger partial charge on any atom is -0.305 e. The van der Waals surface area contributed by atoms with Crippen molar-refractivity contribution in [3.8, 4) is 22.5 Å². The molecular weight excluding hydrogens is 845 g/mol. The molecule has 0 amide bonds. The molecule has 0 unspecified atom stereocenters. The Morgan fingerprint density at radius 1 is 0.745 bits per heavy atom. The fourth-order valence-corrected chi connectivity index (χ4v) is 10.4. The van der Waals surface area contributed by atoms with Gasteiger partial charge in [-0.05, 0) is 10.9 Å². The van der Waals surface area contributed by atoms with Gasteiger partial charge in [0.2, 0.25) is 0 Å². The molecule has 7 aromatic rings. The van der Waals surface area contributed by atoms with Crippen molar-refractivity contribution >= 4 is 73.2 Å². The quantitative estimate of drug-likeness (QED) is 0.127. The molecule has 0 aliphatic heterocycles. The zero-order valence-corrected chi connectivity index (χ0v) is 34.8. The third-order valence-electron chi connectivity index (χ3n) is 8.58. The Labute approximate surface area is 301 Å². The second kappa shape index (κ2) is 14.3. The van der Waals surface area contributed by atoms with Crippen LogP contribution in [-0.4, -0.2) is 31.3 Å². The molecule has 0 aliphatic carbocycles. The van der Waals surface area contributed by atoms with Crippen molar-refractivity contribution in [3.63, 3.8) is 0 Å². The van der Waals surface area contributed by atoms with Crippen LogP contribution >= 0.6 is 11.3 Å². The molecule has 0 atom stereocenters. The molecule has 2 nitrogen and oxygen atoms in total. The molecule has 0 aliphatic rings. The van der Waals surface area contributed by atoms with Crippen molar-refractivity contribution in [1.29, 1.82) is 0 Å². The molecule has 0 N–H and O–H groups in total. The van der Waals surface area contributed by atoms with E-state index < -0.39 is 21.3 Å². The van der Waals surface area contributed by atoms with Crippen LogP contribution in [0.15, 0.2) is 103 Å². The number of rotatable bonds is 5. The average Bonchev–Trinajstić information content (AvgIpc) is 3.41. The van der Waals surface area contributed by atoms with E-state index in [0.29, 0.717) is 5.92 Å². The number of thiophene rings is 1. The van der Waals surface area contributed by atoms with E-state index in [1.165, 1.54) is 41.7 Å². The van der Waals surface area contributed by atoms with Gasteiger partial charge in [-0.15, -0.1) is 35.9 Å². The Hall–Kier alpha value is -2.93. The fourth-order valence-electron chi connectivity index (χ4n) is 5.63. The van der Waals surface area contributed by atoms with Crippen LogP contribution in [0.1, 0.15) is 25.3 Å². The molecule has 0 saturated heterocycles. The third-order valence-corrected chi connectivity index (χ3v) is 16.1. The summed E-state index contributed by atoms with van der Waals surface area (Å²) in [5, 5.41) is 6.72. The van der Waals surface area contributed by atoms with Gasteiger partial charge in [-0.3, -0.25) is 0 Å². The van der Waals surface area contributed by atoms with Crippen LogP contribution in [0.4, 0.5) is 0 Å². The van der Waals surface area contributed by atoms with E-state index in [4.69, 9.17) is 0 Å². The third kappa shape index (κ3) is 7.87. The first-order valence-corrected chi connectivity index (χ1v) is 27.8. The van der Waals surface area contributed by atoms with E-state index in [0.717, 1.165) is 22.5 Å². The van der Waals surface area contributed by atoms with Gasteiger partial charge in [0.25, 0.3) is 0 Å². The van der Waals surface area contributed by atoms with Crippen LogP contribution in [0, 0.1) is 12.1 Å². The van der Waals surface area contributed by atoms with E-state index in [1.54, 1.807) is 4.40 Å². The Morgan fingerprint density at radius 2 is 1.55 bits per heavy atom. The number of fused-ring (bicyclic) bond motifs is 4. The number of aromatic nitrogens is 2. The summed E-state index contributed by atoms with van der Waals surface area (Å²) in [7, 11) is -1.23. The summed E-state index contributed by atoms with van der Waals surface area (Å²) in [5.41, 5.74) is 5.52. The second-order valence-electron chi connectivity index (χ2n) is 14.4. The van der Waals surface area contributed by atoms with Gasteiger partial charge < -0.3 is 4.98 Å². The normalized spacial score (nSPS) is 11.9.